The van der Waals surface area contributed by atoms with E-state index in [2.05, 4.69) is 10.3 Å². The van der Waals surface area contributed by atoms with Crippen molar-refractivity contribution in [1.29, 1.82) is 0 Å². The predicted octanol–water partition coefficient (Wildman–Crippen LogP) is 0.854. The second kappa shape index (κ2) is 6.45. The molecule has 0 radical (unpaired) electrons. The molecule has 1 aromatic rings. The number of imidazole rings is 1. The van der Waals surface area contributed by atoms with Gasteiger partial charge in [-0.1, -0.05) is 0 Å². The van der Waals surface area contributed by atoms with Gasteiger partial charge < -0.3 is 20.5 Å². The van der Waals surface area contributed by atoms with Crippen LogP contribution in [0.5, 0.6) is 0 Å². The van der Waals surface area contributed by atoms with Crippen LogP contribution in [0, 0.1) is 10.1 Å². The molecule has 1 atom stereocenters. The first-order chi connectivity index (χ1) is 8.10. The Labute approximate surface area is 103 Å². The number of aliphatic hydroxyl groups excluding tert-OH is 1. The number of nitro groups is 1. The van der Waals surface area contributed by atoms with Crippen molar-refractivity contribution < 1.29 is 10.0 Å². The average Bonchev–Trinajstić information content (AvgIpc) is 2.61. The highest BCUT2D eigenvalue weighted by molar-refractivity contribution is 7.98. The molecule has 0 saturated carbocycles. The molecule has 0 aromatic carbocycles. The second-order valence-electron chi connectivity index (χ2n) is 3.59. The summed E-state index contributed by atoms with van der Waals surface area (Å²) in [5, 5.41) is 22.8. The number of anilines is 1. The summed E-state index contributed by atoms with van der Waals surface area (Å²) in [7, 11) is 1.69. The molecular weight excluding hydrogens is 244 g/mol. The first-order valence-corrected chi connectivity index (χ1v) is 6.51. The highest BCUT2D eigenvalue weighted by Gasteiger charge is 2.22. The third-order valence-corrected chi connectivity index (χ3v) is 3.01. The Morgan fingerprint density at radius 2 is 2.47 bits per heavy atom. The van der Waals surface area contributed by atoms with Gasteiger partial charge in [0.2, 0.25) is 12.1 Å². The van der Waals surface area contributed by atoms with E-state index in [9.17, 15) is 10.1 Å². The number of nitrogens with one attached hydrogen (secondary N) is 1. The lowest BCUT2D eigenvalue weighted by atomic mass is 10.2. The quantitative estimate of drug-likeness (QED) is 0.558. The number of thioether (sulfide) groups is 1. The number of nitrogens with zero attached hydrogens (tertiary/aromatic N) is 3. The minimum Gasteiger partial charge on any atom is -0.396 e. The second-order valence-corrected chi connectivity index (χ2v) is 4.50. The molecule has 1 rings (SSSR count). The molecule has 0 amide bonds. The Hall–Kier alpha value is -1.28. The third kappa shape index (κ3) is 3.60. The van der Waals surface area contributed by atoms with E-state index in [0.717, 1.165) is 5.75 Å². The van der Waals surface area contributed by atoms with Crippen LogP contribution in [0.3, 0.4) is 0 Å². The van der Waals surface area contributed by atoms with Gasteiger partial charge in [0.25, 0.3) is 0 Å². The predicted molar refractivity (Wildman–Crippen MR) is 67.4 cm³/mol. The van der Waals surface area contributed by atoms with Gasteiger partial charge in [-0.25, -0.2) is 0 Å². The smallest absolute Gasteiger partial charge is 0.396 e. The standard InChI is InChI=1S/C9H16N4O3S/c1-12-6-10-8(13(15)16)9(12)11-7(3-4-14)5-17-2/h6-7,11,14H,3-5H2,1-2H3. The molecule has 0 bridgehead atoms. The van der Waals surface area contributed by atoms with E-state index in [0.29, 0.717) is 12.2 Å². The normalized spacial score (nSPS) is 12.4. The molecule has 0 aliphatic carbocycles. The summed E-state index contributed by atoms with van der Waals surface area (Å²) in [4.78, 5) is 14.0. The number of hydrogen-bond donors (Lipinski definition) is 2. The molecule has 0 aliphatic rings. The molecule has 0 saturated heterocycles. The zero-order valence-electron chi connectivity index (χ0n) is 9.79. The van der Waals surface area contributed by atoms with Crippen LogP contribution < -0.4 is 5.32 Å². The van der Waals surface area contributed by atoms with E-state index in [1.54, 1.807) is 23.4 Å². The Morgan fingerprint density at radius 1 is 1.76 bits per heavy atom. The molecule has 96 valence electrons. The van der Waals surface area contributed by atoms with Gasteiger partial charge in [0.1, 0.15) is 0 Å². The highest BCUT2D eigenvalue weighted by atomic mass is 32.2. The Kier molecular flexibility index (Phi) is 5.23. The van der Waals surface area contributed by atoms with Crippen LogP contribution in [0.1, 0.15) is 6.42 Å². The summed E-state index contributed by atoms with van der Waals surface area (Å²) in [5.74, 6) is 0.960. The van der Waals surface area contributed by atoms with Crippen molar-refractivity contribution in [2.75, 3.05) is 23.9 Å². The van der Waals surface area contributed by atoms with Crippen LogP contribution >= 0.6 is 11.8 Å². The molecule has 17 heavy (non-hydrogen) atoms. The van der Waals surface area contributed by atoms with Crippen LogP contribution in [0.25, 0.3) is 0 Å². The molecule has 8 heteroatoms. The van der Waals surface area contributed by atoms with Crippen molar-refractivity contribution >= 4 is 23.4 Å². The lowest BCUT2D eigenvalue weighted by molar-refractivity contribution is -0.388. The van der Waals surface area contributed by atoms with Crippen molar-refractivity contribution in [3.05, 3.63) is 16.4 Å². The molecule has 7 nitrogen and oxygen atoms in total. The fraction of sp³-hybridized carbons (Fsp3) is 0.667. The highest BCUT2D eigenvalue weighted by Crippen LogP contribution is 2.23. The maximum atomic E-state index is 10.8. The summed E-state index contributed by atoms with van der Waals surface area (Å²) < 4.78 is 1.57. The molecule has 2 N–H and O–H groups in total. The van der Waals surface area contributed by atoms with E-state index in [1.165, 1.54) is 6.33 Å². The summed E-state index contributed by atoms with van der Waals surface area (Å²) in [6.07, 6.45) is 3.89. The van der Waals surface area contributed by atoms with Crippen molar-refractivity contribution in [2.24, 2.45) is 7.05 Å². The van der Waals surface area contributed by atoms with Gasteiger partial charge in [-0.05, 0) is 22.6 Å². The fourth-order valence-corrected chi connectivity index (χ4v) is 2.12. The zero-order valence-corrected chi connectivity index (χ0v) is 10.6. The number of hydrogen-bond acceptors (Lipinski definition) is 6. The van der Waals surface area contributed by atoms with Crippen molar-refractivity contribution in [2.45, 2.75) is 12.5 Å². The topological polar surface area (TPSA) is 93.2 Å². The van der Waals surface area contributed by atoms with Crippen molar-refractivity contribution in [3.63, 3.8) is 0 Å². The van der Waals surface area contributed by atoms with E-state index < -0.39 is 4.92 Å². The molecule has 1 unspecified atom stereocenters. The fourth-order valence-electron chi connectivity index (χ4n) is 1.47. The summed E-state index contributed by atoms with van der Waals surface area (Å²) in [5.41, 5.74) is 0. The van der Waals surface area contributed by atoms with Gasteiger partial charge in [-0.2, -0.15) is 11.8 Å². The monoisotopic (exact) mass is 260 g/mol. The molecule has 1 aromatic heterocycles. The number of aromatic nitrogens is 2. The number of aliphatic hydroxyl groups is 1. The van der Waals surface area contributed by atoms with Gasteiger partial charge in [0.15, 0.2) is 0 Å². The van der Waals surface area contributed by atoms with E-state index in [-0.39, 0.29) is 18.5 Å². The van der Waals surface area contributed by atoms with Gasteiger partial charge in [0.05, 0.1) is 0 Å². The largest absolute Gasteiger partial charge is 0.406 e. The van der Waals surface area contributed by atoms with Crippen LogP contribution in [0.2, 0.25) is 0 Å². The molecular formula is C9H16N4O3S. The van der Waals surface area contributed by atoms with Crippen LogP contribution in [0.15, 0.2) is 6.33 Å². The summed E-state index contributed by atoms with van der Waals surface area (Å²) in [6.45, 7) is 0.0455. The SMILES string of the molecule is CSCC(CCO)Nc1c([N+](=O)[O-])ncn1C. The lowest BCUT2D eigenvalue weighted by Crippen LogP contribution is -2.25. The molecule has 0 fully saturated rings. The zero-order chi connectivity index (χ0) is 12.8. The van der Waals surface area contributed by atoms with Crippen LogP contribution in [0.4, 0.5) is 11.6 Å². The Morgan fingerprint density at radius 3 is 3.00 bits per heavy atom. The summed E-state index contributed by atoms with van der Waals surface area (Å²) in [6, 6.07) is -0.0101. The van der Waals surface area contributed by atoms with Crippen molar-refractivity contribution in [1.82, 2.24) is 9.55 Å². The average molecular weight is 260 g/mol. The maximum absolute atomic E-state index is 10.8. The first kappa shape index (κ1) is 13.8. The Bertz CT molecular complexity index is 376. The molecule has 0 spiro atoms. The summed E-state index contributed by atoms with van der Waals surface area (Å²) >= 11 is 1.62. The molecule has 1 heterocycles. The van der Waals surface area contributed by atoms with E-state index >= 15 is 0 Å². The number of rotatable bonds is 7. The third-order valence-electron chi connectivity index (χ3n) is 2.28. The van der Waals surface area contributed by atoms with Gasteiger partial charge in [0, 0.05) is 25.4 Å². The van der Waals surface area contributed by atoms with Gasteiger partial charge >= 0.3 is 5.82 Å². The molecule has 0 aliphatic heterocycles. The minimum absolute atomic E-state index is 0.0101. The lowest BCUT2D eigenvalue weighted by Gasteiger charge is -2.17. The number of aryl methyl sites for hydroxylation is 1. The van der Waals surface area contributed by atoms with Crippen molar-refractivity contribution in [3.8, 4) is 0 Å². The maximum Gasteiger partial charge on any atom is 0.406 e. The van der Waals surface area contributed by atoms with Crippen LogP contribution in [-0.4, -0.2) is 44.2 Å². The van der Waals surface area contributed by atoms with Gasteiger partial charge in [-0.3, -0.25) is 4.57 Å². The minimum atomic E-state index is -0.516. The van der Waals surface area contributed by atoms with E-state index in [4.69, 9.17) is 5.11 Å². The van der Waals surface area contributed by atoms with Crippen LogP contribution in [-0.2, 0) is 7.05 Å². The van der Waals surface area contributed by atoms with E-state index in [1.807, 2.05) is 6.26 Å². The van der Waals surface area contributed by atoms with Gasteiger partial charge in [-0.15, -0.1) is 0 Å². The Balaban J connectivity index is 2.83. The first-order valence-electron chi connectivity index (χ1n) is 5.12.